The molecule has 170 valence electrons. The molecule has 0 heterocycles. The van der Waals surface area contributed by atoms with E-state index in [0.29, 0.717) is 47.3 Å². The maximum absolute atomic E-state index is 12.7. The first-order chi connectivity index (χ1) is 15.5. The van der Waals surface area contributed by atoms with Gasteiger partial charge in [0, 0.05) is 0 Å². The van der Waals surface area contributed by atoms with Crippen molar-refractivity contribution in [1.29, 1.82) is 0 Å². The number of carbonyl (C=O) groups is 2. The van der Waals surface area contributed by atoms with Crippen LogP contribution in [0.25, 0.3) is 0 Å². The number of rotatable bonds is 5. The van der Waals surface area contributed by atoms with Crippen LogP contribution in [0.3, 0.4) is 0 Å². The average molecular weight is 435 g/mol. The fourth-order valence-corrected chi connectivity index (χ4v) is 5.76. The molecule has 0 aromatic heterocycles. The molecule has 0 aliphatic heterocycles. The van der Waals surface area contributed by atoms with Crippen LogP contribution in [0, 0.1) is 29.6 Å². The summed E-state index contributed by atoms with van der Waals surface area (Å²) >= 11 is 0. The van der Waals surface area contributed by atoms with E-state index in [1.54, 1.807) is 24.3 Å². The topological polar surface area (TPSA) is 52.6 Å². The van der Waals surface area contributed by atoms with Gasteiger partial charge in [-0.15, -0.1) is 0 Å². The summed E-state index contributed by atoms with van der Waals surface area (Å²) in [6.07, 6.45) is 5.09. The summed E-state index contributed by atoms with van der Waals surface area (Å²) in [5.41, 5.74) is 1.19. The van der Waals surface area contributed by atoms with E-state index in [-0.39, 0.29) is 18.0 Å². The summed E-state index contributed by atoms with van der Waals surface area (Å²) in [6, 6.07) is 18.4. The van der Waals surface area contributed by atoms with Gasteiger partial charge in [-0.1, -0.05) is 56.7 Å². The number of hydrogen-bond acceptors (Lipinski definition) is 4. The average Bonchev–Trinajstić information content (AvgIpc) is 3.17. The molecule has 0 saturated heterocycles. The highest BCUT2D eigenvalue weighted by Crippen LogP contribution is 2.48. The second-order valence-corrected chi connectivity index (χ2v) is 9.71. The van der Waals surface area contributed by atoms with E-state index in [0.717, 1.165) is 19.3 Å². The van der Waals surface area contributed by atoms with Gasteiger partial charge in [-0.3, -0.25) is 0 Å². The summed E-state index contributed by atoms with van der Waals surface area (Å²) in [5, 5.41) is 0. The third kappa shape index (κ3) is 5.23. The van der Waals surface area contributed by atoms with Crippen LogP contribution in [0.4, 0.5) is 0 Å². The number of esters is 2. The van der Waals surface area contributed by atoms with E-state index in [2.05, 4.69) is 13.8 Å². The molecule has 4 rings (SSSR count). The molecular weight excluding hydrogens is 400 g/mol. The van der Waals surface area contributed by atoms with Crippen molar-refractivity contribution >= 4 is 11.9 Å². The lowest BCUT2D eigenvalue weighted by Gasteiger charge is -2.37. The summed E-state index contributed by atoms with van der Waals surface area (Å²) in [7, 11) is 0. The quantitative estimate of drug-likeness (QED) is 0.528. The first-order valence-electron chi connectivity index (χ1n) is 12.0. The Kier molecular flexibility index (Phi) is 7.29. The lowest BCUT2D eigenvalue weighted by Crippen LogP contribution is -2.36. The Bertz CT molecular complexity index is 894. The molecule has 0 amide bonds. The van der Waals surface area contributed by atoms with Crippen LogP contribution in [0.5, 0.6) is 0 Å². The predicted octanol–water partition coefficient (Wildman–Crippen LogP) is 6.17. The monoisotopic (exact) mass is 434 g/mol. The molecule has 2 aromatic carbocycles. The number of benzene rings is 2. The molecule has 2 fully saturated rings. The van der Waals surface area contributed by atoms with Gasteiger partial charge >= 0.3 is 11.9 Å². The SMILES string of the molecule is C[C@@H]1C[C@H]2[C@H](CC[C@@H]2C)[C@@H](COC(=O)c2ccccc2)CC[C@H]1OC(=O)c1ccccc1. The van der Waals surface area contributed by atoms with E-state index < -0.39 is 0 Å². The second kappa shape index (κ2) is 10.3. The smallest absolute Gasteiger partial charge is 0.338 e. The normalized spacial score (nSPS) is 29.9. The van der Waals surface area contributed by atoms with Gasteiger partial charge in [-0.25, -0.2) is 9.59 Å². The molecule has 2 aromatic rings. The zero-order valence-corrected chi connectivity index (χ0v) is 19.1. The van der Waals surface area contributed by atoms with E-state index in [4.69, 9.17) is 9.47 Å². The largest absolute Gasteiger partial charge is 0.462 e. The van der Waals surface area contributed by atoms with Gasteiger partial charge in [0.15, 0.2) is 0 Å². The van der Waals surface area contributed by atoms with Crippen molar-refractivity contribution in [1.82, 2.24) is 0 Å². The Morgan fingerprint density at radius 1 is 0.750 bits per heavy atom. The van der Waals surface area contributed by atoms with Crippen molar-refractivity contribution in [2.75, 3.05) is 6.61 Å². The van der Waals surface area contributed by atoms with Crippen LogP contribution >= 0.6 is 0 Å². The van der Waals surface area contributed by atoms with Crippen LogP contribution in [0.15, 0.2) is 60.7 Å². The first-order valence-corrected chi connectivity index (χ1v) is 12.0. The van der Waals surface area contributed by atoms with Crippen molar-refractivity contribution in [3.63, 3.8) is 0 Å². The zero-order chi connectivity index (χ0) is 22.5. The van der Waals surface area contributed by atoms with Crippen molar-refractivity contribution in [2.45, 2.75) is 52.1 Å². The van der Waals surface area contributed by atoms with Gasteiger partial charge < -0.3 is 9.47 Å². The summed E-state index contributed by atoms with van der Waals surface area (Å²) in [5.74, 6) is 1.94. The Morgan fingerprint density at radius 2 is 1.38 bits per heavy atom. The Hall–Kier alpha value is -2.62. The van der Waals surface area contributed by atoms with E-state index in [1.807, 2.05) is 36.4 Å². The molecule has 0 unspecified atom stereocenters. The summed E-state index contributed by atoms with van der Waals surface area (Å²) in [4.78, 5) is 25.2. The van der Waals surface area contributed by atoms with Crippen LogP contribution in [0.2, 0.25) is 0 Å². The maximum atomic E-state index is 12.7. The third-order valence-corrected chi connectivity index (χ3v) is 7.65. The second-order valence-electron chi connectivity index (χ2n) is 9.71. The molecule has 4 heteroatoms. The highest BCUT2D eigenvalue weighted by atomic mass is 16.5. The first kappa shape index (κ1) is 22.6. The molecular formula is C28H34O4. The number of ether oxygens (including phenoxy) is 2. The number of carbonyl (C=O) groups excluding carboxylic acids is 2. The summed E-state index contributed by atoms with van der Waals surface area (Å²) < 4.78 is 11.8. The van der Waals surface area contributed by atoms with Crippen LogP contribution in [0.1, 0.15) is 66.7 Å². The minimum atomic E-state index is -0.254. The molecule has 2 aliphatic carbocycles. The molecule has 2 aliphatic rings. The molecule has 0 bridgehead atoms. The Balaban J connectivity index is 1.44. The molecule has 4 nitrogen and oxygen atoms in total. The van der Waals surface area contributed by atoms with Gasteiger partial charge in [0.1, 0.15) is 6.10 Å². The minimum Gasteiger partial charge on any atom is -0.462 e. The maximum Gasteiger partial charge on any atom is 0.338 e. The third-order valence-electron chi connectivity index (χ3n) is 7.65. The predicted molar refractivity (Wildman–Crippen MR) is 124 cm³/mol. The minimum absolute atomic E-state index is 0.108. The standard InChI is InChI=1S/C28H34O4/c1-19-13-15-24-23(18-31-27(29)21-9-5-3-6-10-21)14-16-26(20(2)17-25(19)24)32-28(30)22-11-7-4-8-12-22/h3-12,19-20,23-26H,13-18H2,1-2H3/t19-,20+,23+,24+,25+,26+/m0/s1. The lowest BCUT2D eigenvalue weighted by atomic mass is 9.71. The van der Waals surface area contributed by atoms with Crippen molar-refractivity contribution in [3.05, 3.63) is 71.8 Å². The van der Waals surface area contributed by atoms with Gasteiger partial charge in [-0.05, 0) is 79.5 Å². The van der Waals surface area contributed by atoms with Gasteiger partial charge in [0.05, 0.1) is 17.7 Å². The molecule has 6 atom stereocenters. The lowest BCUT2D eigenvalue weighted by molar-refractivity contribution is -0.0110. The van der Waals surface area contributed by atoms with Crippen molar-refractivity contribution in [2.24, 2.45) is 29.6 Å². The van der Waals surface area contributed by atoms with Crippen LogP contribution < -0.4 is 0 Å². The zero-order valence-electron chi connectivity index (χ0n) is 19.1. The molecule has 0 radical (unpaired) electrons. The van der Waals surface area contributed by atoms with Crippen LogP contribution in [-0.2, 0) is 9.47 Å². The fraction of sp³-hybridized carbons (Fsp3) is 0.500. The molecule has 0 N–H and O–H groups in total. The number of fused-ring (bicyclic) bond motifs is 1. The highest BCUT2D eigenvalue weighted by Gasteiger charge is 2.42. The summed E-state index contributed by atoms with van der Waals surface area (Å²) in [6.45, 7) is 5.01. The Labute approximate surface area is 191 Å². The Morgan fingerprint density at radius 3 is 2.03 bits per heavy atom. The van der Waals surface area contributed by atoms with E-state index in [1.165, 1.54) is 12.8 Å². The molecule has 2 saturated carbocycles. The van der Waals surface area contributed by atoms with Crippen molar-refractivity contribution in [3.8, 4) is 0 Å². The fourth-order valence-electron chi connectivity index (χ4n) is 5.76. The van der Waals surface area contributed by atoms with Gasteiger partial charge in [0.2, 0.25) is 0 Å². The van der Waals surface area contributed by atoms with Gasteiger partial charge in [0.25, 0.3) is 0 Å². The van der Waals surface area contributed by atoms with Crippen molar-refractivity contribution < 1.29 is 19.1 Å². The van der Waals surface area contributed by atoms with E-state index in [9.17, 15) is 9.59 Å². The molecule has 32 heavy (non-hydrogen) atoms. The molecule has 0 spiro atoms. The van der Waals surface area contributed by atoms with Gasteiger partial charge in [-0.2, -0.15) is 0 Å². The number of hydrogen-bond donors (Lipinski definition) is 0. The highest BCUT2D eigenvalue weighted by molar-refractivity contribution is 5.89. The van der Waals surface area contributed by atoms with Crippen LogP contribution in [-0.4, -0.2) is 24.6 Å². The van der Waals surface area contributed by atoms with E-state index >= 15 is 0 Å².